The average molecular weight is 462 g/mol. The molecule has 1 N–H and O–H groups in total. The quantitative estimate of drug-likeness (QED) is 0.297. The molecule has 0 spiro atoms. The van der Waals surface area contributed by atoms with Gasteiger partial charge in [0.15, 0.2) is 16.7 Å². The van der Waals surface area contributed by atoms with E-state index < -0.39 is 0 Å². The van der Waals surface area contributed by atoms with Crippen molar-refractivity contribution in [2.75, 3.05) is 6.61 Å². The Bertz CT molecular complexity index is 1230. The molecule has 0 unspecified atom stereocenters. The zero-order chi connectivity index (χ0) is 23.2. The molecule has 3 aromatic rings. The van der Waals surface area contributed by atoms with Crippen molar-refractivity contribution in [3.8, 4) is 11.5 Å². The van der Waals surface area contributed by atoms with Crippen molar-refractivity contribution in [3.63, 3.8) is 0 Å². The van der Waals surface area contributed by atoms with Gasteiger partial charge in [-0.3, -0.25) is 9.69 Å². The summed E-state index contributed by atoms with van der Waals surface area (Å²) in [5.41, 5.74) is 2.77. The fourth-order valence-electron chi connectivity index (χ4n) is 3.20. The molecule has 1 amide bonds. The van der Waals surface area contributed by atoms with Gasteiger partial charge in [-0.2, -0.15) is 5.10 Å². The Hall–Kier alpha value is -3.78. The summed E-state index contributed by atoms with van der Waals surface area (Å²) in [7, 11) is 0. The standard InChI is InChI=1S/C25H23N3O4S/c1-3-31-22-13-18(10-11-21(22)29)15-26-27-25-28(16-20-9-6-12-32-20)24(30)23(33-25)14-19-8-5-4-7-17(19)2/h4-15,29H,3,16H2,1-2H3/b23-14-,26-15+,27-25-. The second-order valence-electron chi connectivity index (χ2n) is 7.23. The summed E-state index contributed by atoms with van der Waals surface area (Å²) < 4.78 is 10.8. The van der Waals surface area contributed by atoms with E-state index in [0.717, 1.165) is 11.1 Å². The third-order valence-electron chi connectivity index (χ3n) is 4.89. The van der Waals surface area contributed by atoms with Gasteiger partial charge in [0.25, 0.3) is 5.91 Å². The number of amidine groups is 1. The van der Waals surface area contributed by atoms with Crippen molar-refractivity contribution >= 4 is 35.1 Å². The number of phenolic OH excluding ortho intramolecular Hbond substituents is 1. The Morgan fingerprint density at radius 1 is 1.18 bits per heavy atom. The van der Waals surface area contributed by atoms with Crippen LogP contribution in [-0.4, -0.2) is 33.9 Å². The van der Waals surface area contributed by atoms with E-state index in [-0.39, 0.29) is 18.2 Å². The molecule has 0 bridgehead atoms. The number of benzene rings is 2. The van der Waals surface area contributed by atoms with Crippen LogP contribution in [0.3, 0.4) is 0 Å². The predicted octanol–water partition coefficient (Wildman–Crippen LogP) is 5.20. The van der Waals surface area contributed by atoms with Gasteiger partial charge >= 0.3 is 0 Å². The van der Waals surface area contributed by atoms with Crippen LogP contribution in [0.2, 0.25) is 0 Å². The number of amides is 1. The number of aryl methyl sites for hydroxylation is 1. The van der Waals surface area contributed by atoms with Gasteiger partial charge in [-0.05, 0) is 78.7 Å². The molecule has 1 saturated heterocycles. The van der Waals surface area contributed by atoms with E-state index in [0.29, 0.717) is 33.8 Å². The van der Waals surface area contributed by atoms with E-state index in [1.54, 1.807) is 41.6 Å². The zero-order valence-corrected chi connectivity index (χ0v) is 19.1. The van der Waals surface area contributed by atoms with Gasteiger partial charge in [-0.1, -0.05) is 24.3 Å². The molecule has 1 fully saturated rings. The number of carbonyl (C=O) groups excluding carboxylic acids is 1. The lowest BCUT2D eigenvalue weighted by Gasteiger charge is -2.12. The van der Waals surface area contributed by atoms with E-state index in [2.05, 4.69) is 10.2 Å². The van der Waals surface area contributed by atoms with E-state index >= 15 is 0 Å². The molecule has 2 aromatic carbocycles. The van der Waals surface area contributed by atoms with E-state index in [1.807, 2.05) is 50.3 Å². The average Bonchev–Trinajstić information content (AvgIpc) is 3.42. The number of ether oxygens (including phenoxy) is 1. The third-order valence-corrected chi connectivity index (χ3v) is 5.89. The summed E-state index contributed by atoms with van der Waals surface area (Å²) in [6.07, 6.45) is 5.00. The molecule has 2 heterocycles. The summed E-state index contributed by atoms with van der Waals surface area (Å²) in [6.45, 7) is 4.54. The highest BCUT2D eigenvalue weighted by Crippen LogP contribution is 2.34. The topological polar surface area (TPSA) is 87.6 Å². The minimum atomic E-state index is -0.156. The number of hydrogen-bond donors (Lipinski definition) is 1. The normalized spacial score (nSPS) is 16.4. The highest BCUT2D eigenvalue weighted by molar-refractivity contribution is 8.18. The predicted molar refractivity (Wildman–Crippen MR) is 130 cm³/mol. The lowest BCUT2D eigenvalue weighted by Crippen LogP contribution is -2.28. The minimum absolute atomic E-state index is 0.0628. The molecule has 0 saturated carbocycles. The number of hydrogen-bond acceptors (Lipinski definition) is 7. The first-order valence-electron chi connectivity index (χ1n) is 10.4. The molecule has 168 valence electrons. The molecule has 4 rings (SSSR count). The summed E-state index contributed by atoms with van der Waals surface area (Å²) in [5.74, 6) is 0.935. The molecule has 0 aliphatic carbocycles. The summed E-state index contributed by atoms with van der Waals surface area (Å²) in [4.78, 5) is 15.3. The molecule has 1 aromatic heterocycles. The van der Waals surface area contributed by atoms with Gasteiger partial charge in [0, 0.05) is 0 Å². The van der Waals surface area contributed by atoms with Gasteiger partial charge in [0.2, 0.25) is 0 Å². The smallest absolute Gasteiger partial charge is 0.267 e. The monoisotopic (exact) mass is 461 g/mol. The Labute approximate surface area is 196 Å². The maximum atomic E-state index is 13.2. The number of furan rings is 1. The van der Waals surface area contributed by atoms with Crippen LogP contribution < -0.4 is 4.74 Å². The number of rotatable bonds is 7. The molecule has 33 heavy (non-hydrogen) atoms. The molecule has 0 radical (unpaired) electrons. The molecule has 0 atom stereocenters. The fraction of sp³-hybridized carbons (Fsp3) is 0.160. The van der Waals surface area contributed by atoms with E-state index in [4.69, 9.17) is 9.15 Å². The van der Waals surface area contributed by atoms with Gasteiger partial charge in [0.05, 0.1) is 30.5 Å². The molecule has 1 aliphatic rings. The van der Waals surface area contributed by atoms with Crippen molar-refractivity contribution < 1.29 is 19.1 Å². The molecular weight excluding hydrogens is 438 g/mol. The van der Waals surface area contributed by atoms with E-state index in [9.17, 15) is 9.90 Å². The SMILES string of the molecule is CCOc1cc(/C=N/N=C2\S/C(=C\c3ccccc3C)C(=O)N2Cc2ccco2)ccc1O. The highest BCUT2D eigenvalue weighted by Gasteiger charge is 2.34. The van der Waals surface area contributed by atoms with Gasteiger partial charge in [-0.25, -0.2) is 0 Å². The Morgan fingerprint density at radius 2 is 2.03 bits per heavy atom. The first-order valence-corrected chi connectivity index (χ1v) is 11.2. The van der Waals surface area contributed by atoms with Crippen LogP contribution in [0.5, 0.6) is 11.5 Å². The number of thioether (sulfide) groups is 1. The van der Waals surface area contributed by atoms with Gasteiger partial charge in [-0.15, -0.1) is 5.10 Å². The third kappa shape index (κ3) is 5.35. The summed E-state index contributed by atoms with van der Waals surface area (Å²) >= 11 is 1.27. The van der Waals surface area contributed by atoms with Crippen LogP contribution in [-0.2, 0) is 11.3 Å². The fourth-order valence-corrected chi connectivity index (χ4v) is 4.12. The molecule has 1 aliphatic heterocycles. The van der Waals surface area contributed by atoms with Crippen molar-refractivity contribution in [1.82, 2.24) is 4.90 Å². The van der Waals surface area contributed by atoms with Crippen LogP contribution in [0.1, 0.15) is 29.4 Å². The van der Waals surface area contributed by atoms with Crippen molar-refractivity contribution in [2.45, 2.75) is 20.4 Å². The van der Waals surface area contributed by atoms with Crippen molar-refractivity contribution in [2.24, 2.45) is 10.2 Å². The number of carbonyl (C=O) groups is 1. The molecular formula is C25H23N3O4S. The maximum absolute atomic E-state index is 13.2. The lowest BCUT2D eigenvalue weighted by molar-refractivity contribution is -0.122. The lowest BCUT2D eigenvalue weighted by atomic mass is 10.1. The van der Waals surface area contributed by atoms with Crippen LogP contribution in [0, 0.1) is 6.92 Å². The first kappa shape index (κ1) is 22.4. The van der Waals surface area contributed by atoms with Crippen LogP contribution in [0.25, 0.3) is 6.08 Å². The molecule has 8 heteroatoms. The number of aromatic hydroxyl groups is 1. The maximum Gasteiger partial charge on any atom is 0.267 e. The second-order valence-corrected chi connectivity index (χ2v) is 8.23. The van der Waals surface area contributed by atoms with Gasteiger partial charge in [0.1, 0.15) is 5.76 Å². The number of phenols is 1. The number of nitrogens with zero attached hydrogens (tertiary/aromatic N) is 3. The van der Waals surface area contributed by atoms with Crippen LogP contribution in [0.4, 0.5) is 0 Å². The van der Waals surface area contributed by atoms with Crippen LogP contribution >= 0.6 is 11.8 Å². The van der Waals surface area contributed by atoms with Gasteiger partial charge < -0.3 is 14.3 Å². The van der Waals surface area contributed by atoms with Crippen molar-refractivity contribution in [3.05, 3.63) is 88.2 Å². The first-order chi connectivity index (χ1) is 16.0. The van der Waals surface area contributed by atoms with Crippen LogP contribution in [0.15, 0.2) is 80.4 Å². The largest absolute Gasteiger partial charge is 0.504 e. The Morgan fingerprint density at radius 3 is 2.79 bits per heavy atom. The van der Waals surface area contributed by atoms with Crippen molar-refractivity contribution in [1.29, 1.82) is 0 Å². The van der Waals surface area contributed by atoms with E-state index in [1.165, 1.54) is 11.8 Å². The molecule has 7 nitrogen and oxygen atoms in total. The second kappa shape index (κ2) is 10.2. The summed E-state index contributed by atoms with van der Waals surface area (Å²) in [5, 5.41) is 18.8. The Kier molecular flexibility index (Phi) is 6.95. The highest BCUT2D eigenvalue weighted by atomic mass is 32.2. The zero-order valence-electron chi connectivity index (χ0n) is 18.3. The summed E-state index contributed by atoms with van der Waals surface area (Å²) in [6, 6.07) is 16.4. The Balaban J connectivity index is 1.62. The minimum Gasteiger partial charge on any atom is -0.504 e.